The second-order valence-corrected chi connectivity index (χ2v) is 7.14. The predicted molar refractivity (Wildman–Crippen MR) is 97.8 cm³/mol. The lowest BCUT2D eigenvalue weighted by atomic mass is 9.81. The zero-order valence-corrected chi connectivity index (χ0v) is 15.8. The number of carbonyl (C=O) groups is 2. The third-order valence-electron chi connectivity index (χ3n) is 5.11. The van der Waals surface area contributed by atoms with Crippen molar-refractivity contribution in [3.63, 3.8) is 0 Å². The number of aliphatic carboxylic acids is 1. The molecular weight excluding hydrogens is 407 g/mol. The van der Waals surface area contributed by atoms with E-state index in [9.17, 15) is 18.0 Å². The lowest BCUT2D eigenvalue weighted by Gasteiger charge is -2.27. The summed E-state index contributed by atoms with van der Waals surface area (Å²) in [5, 5.41) is 10.5. The Balaban J connectivity index is 0.000000318. The van der Waals surface area contributed by atoms with Gasteiger partial charge in [-0.05, 0) is 18.2 Å². The number of fused-ring (bicyclic) bond motifs is 1. The summed E-state index contributed by atoms with van der Waals surface area (Å²) in [6.45, 7) is 3.56. The highest BCUT2D eigenvalue weighted by Crippen LogP contribution is 2.41. The number of hydrogen-bond donors (Lipinski definition) is 2. The van der Waals surface area contributed by atoms with Gasteiger partial charge in [0.25, 0.3) is 5.91 Å². The van der Waals surface area contributed by atoms with Crippen LogP contribution in [0.5, 0.6) is 0 Å². The number of anilines is 1. The number of ether oxygens (including phenoxy) is 1. The lowest BCUT2D eigenvalue weighted by molar-refractivity contribution is -0.192. The van der Waals surface area contributed by atoms with E-state index in [0.29, 0.717) is 31.2 Å². The van der Waals surface area contributed by atoms with Crippen LogP contribution in [0.2, 0.25) is 0 Å². The molecule has 2 N–H and O–H groups in total. The molecule has 4 heterocycles. The summed E-state index contributed by atoms with van der Waals surface area (Å²) in [6.07, 6.45) is -0.274. The molecule has 8 nitrogen and oxygen atoms in total. The highest BCUT2D eigenvalue weighted by atomic mass is 19.4. The molecule has 2 aliphatic heterocycles. The maximum absolute atomic E-state index is 12.5. The highest BCUT2D eigenvalue weighted by Gasteiger charge is 2.51. The molecule has 0 saturated carbocycles. The number of carbonyl (C=O) groups excluding carboxylic acids is 1. The van der Waals surface area contributed by atoms with Crippen LogP contribution < -0.4 is 5.32 Å². The fourth-order valence-corrected chi connectivity index (χ4v) is 3.54. The number of nitrogens with one attached hydrogen (secondary N) is 1. The van der Waals surface area contributed by atoms with Gasteiger partial charge in [0.2, 0.25) is 0 Å². The van der Waals surface area contributed by atoms with Crippen LogP contribution in [0.3, 0.4) is 0 Å². The van der Waals surface area contributed by atoms with Crippen LogP contribution in [0.25, 0.3) is 0 Å². The van der Waals surface area contributed by atoms with Gasteiger partial charge in [0.15, 0.2) is 0 Å². The van der Waals surface area contributed by atoms with Gasteiger partial charge in [-0.3, -0.25) is 4.79 Å². The first-order chi connectivity index (χ1) is 14.2. The molecule has 4 rings (SSSR count). The molecule has 2 fully saturated rings. The Morgan fingerprint density at radius 1 is 1.33 bits per heavy atom. The van der Waals surface area contributed by atoms with Gasteiger partial charge in [-0.2, -0.15) is 13.2 Å². The van der Waals surface area contributed by atoms with Crippen LogP contribution in [-0.2, 0) is 9.53 Å². The van der Waals surface area contributed by atoms with Crippen LogP contribution in [-0.4, -0.2) is 65.9 Å². The van der Waals surface area contributed by atoms with Crippen molar-refractivity contribution in [2.45, 2.75) is 6.18 Å². The minimum Gasteiger partial charge on any atom is -0.475 e. The molecule has 0 aliphatic carbocycles. The first kappa shape index (κ1) is 21.6. The average Bonchev–Trinajstić information content (AvgIpc) is 3.42. The molecular formula is C19H20F3N3O5. The monoisotopic (exact) mass is 427 g/mol. The fourth-order valence-electron chi connectivity index (χ4n) is 3.54. The van der Waals surface area contributed by atoms with E-state index in [4.69, 9.17) is 19.1 Å². The summed E-state index contributed by atoms with van der Waals surface area (Å²) in [5.41, 5.74) is 0.565. The van der Waals surface area contributed by atoms with Crippen LogP contribution in [0, 0.1) is 11.3 Å². The quantitative estimate of drug-likeness (QED) is 0.773. The number of pyridine rings is 1. The molecule has 1 amide bonds. The van der Waals surface area contributed by atoms with Gasteiger partial charge < -0.3 is 24.5 Å². The van der Waals surface area contributed by atoms with E-state index in [1.54, 1.807) is 12.3 Å². The van der Waals surface area contributed by atoms with Crippen LogP contribution in [0.15, 0.2) is 47.4 Å². The molecule has 2 aromatic heterocycles. The SMILES string of the molecule is O=C(O)C(F)(F)F.O=C(c1ccoc1)N1C[C@@H]2COC[C@]2(CNc2ccccn2)C1. The van der Waals surface area contributed by atoms with Crippen LogP contribution in [0.4, 0.5) is 19.0 Å². The number of carboxylic acid groups (broad SMARTS) is 1. The second kappa shape index (κ2) is 8.74. The first-order valence-corrected chi connectivity index (χ1v) is 9.05. The molecule has 2 atom stereocenters. The normalized spacial score (nSPS) is 22.8. The van der Waals surface area contributed by atoms with Gasteiger partial charge in [-0.15, -0.1) is 0 Å². The Labute approximate surface area is 169 Å². The Kier molecular flexibility index (Phi) is 6.30. The Morgan fingerprint density at radius 2 is 2.10 bits per heavy atom. The summed E-state index contributed by atoms with van der Waals surface area (Å²) in [5.74, 6) is -1.51. The van der Waals surface area contributed by atoms with Crippen molar-refractivity contribution in [3.05, 3.63) is 48.6 Å². The number of rotatable bonds is 4. The van der Waals surface area contributed by atoms with Gasteiger partial charge in [-0.25, -0.2) is 9.78 Å². The Bertz CT molecular complexity index is 860. The molecule has 0 spiro atoms. The zero-order chi connectivity index (χ0) is 21.8. The van der Waals surface area contributed by atoms with Gasteiger partial charge >= 0.3 is 12.1 Å². The standard InChI is InChI=1S/C17H19N3O3.C2HF3O2/c21-16(13-4-6-22-8-13)20-7-14-9-23-12-17(14,11-20)10-19-15-3-1-2-5-18-15;3-2(4,5)1(6)7/h1-6,8,14H,7,9-12H2,(H,18,19);(H,6,7)/t14-,17+;/m1./s1. The topological polar surface area (TPSA) is 105 Å². The molecule has 30 heavy (non-hydrogen) atoms. The summed E-state index contributed by atoms with van der Waals surface area (Å²) in [7, 11) is 0. The molecule has 2 aliphatic rings. The number of halogens is 3. The number of carboxylic acids is 1. The van der Waals surface area contributed by atoms with Crippen molar-refractivity contribution in [1.29, 1.82) is 0 Å². The van der Waals surface area contributed by atoms with E-state index in [2.05, 4.69) is 10.3 Å². The van der Waals surface area contributed by atoms with Crippen molar-refractivity contribution in [2.24, 2.45) is 11.3 Å². The molecule has 0 aromatic carbocycles. The number of amides is 1. The maximum atomic E-state index is 12.5. The van der Waals surface area contributed by atoms with Crippen molar-refractivity contribution in [3.8, 4) is 0 Å². The largest absolute Gasteiger partial charge is 0.490 e. The molecule has 0 radical (unpaired) electrons. The third-order valence-corrected chi connectivity index (χ3v) is 5.11. The van der Waals surface area contributed by atoms with E-state index >= 15 is 0 Å². The van der Waals surface area contributed by atoms with Gasteiger partial charge in [0.1, 0.15) is 12.1 Å². The smallest absolute Gasteiger partial charge is 0.475 e. The minimum atomic E-state index is -5.08. The molecule has 2 saturated heterocycles. The number of likely N-dealkylation sites (tertiary alicyclic amines) is 1. The summed E-state index contributed by atoms with van der Waals surface area (Å²) < 4.78 is 42.5. The third kappa shape index (κ3) is 4.90. The number of alkyl halides is 3. The Morgan fingerprint density at radius 3 is 2.70 bits per heavy atom. The molecule has 11 heteroatoms. The van der Waals surface area contributed by atoms with E-state index in [1.807, 2.05) is 23.1 Å². The Hall–Kier alpha value is -3.08. The van der Waals surface area contributed by atoms with E-state index in [-0.39, 0.29) is 11.3 Å². The van der Waals surface area contributed by atoms with Gasteiger partial charge in [0, 0.05) is 37.2 Å². The molecule has 2 aromatic rings. The molecule has 0 unspecified atom stereocenters. The maximum Gasteiger partial charge on any atom is 0.490 e. The van der Waals surface area contributed by atoms with Gasteiger partial charge in [-0.1, -0.05) is 6.07 Å². The summed E-state index contributed by atoms with van der Waals surface area (Å²) >= 11 is 0. The van der Waals surface area contributed by atoms with Crippen molar-refractivity contribution in [1.82, 2.24) is 9.88 Å². The highest BCUT2D eigenvalue weighted by molar-refractivity contribution is 5.94. The zero-order valence-electron chi connectivity index (χ0n) is 15.8. The van der Waals surface area contributed by atoms with Crippen molar-refractivity contribution in [2.75, 3.05) is 38.2 Å². The van der Waals surface area contributed by atoms with Crippen LogP contribution >= 0.6 is 0 Å². The van der Waals surface area contributed by atoms with Crippen LogP contribution in [0.1, 0.15) is 10.4 Å². The number of hydrogen-bond acceptors (Lipinski definition) is 6. The van der Waals surface area contributed by atoms with E-state index in [0.717, 1.165) is 18.9 Å². The summed E-state index contributed by atoms with van der Waals surface area (Å²) in [4.78, 5) is 27.7. The summed E-state index contributed by atoms with van der Waals surface area (Å²) in [6, 6.07) is 7.52. The fraction of sp³-hybridized carbons (Fsp3) is 0.421. The van der Waals surface area contributed by atoms with Crippen molar-refractivity contribution >= 4 is 17.7 Å². The first-order valence-electron chi connectivity index (χ1n) is 9.05. The predicted octanol–water partition coefficient (Wildman–Crippen LogP) is 2.51. The second-order valence-electron chi connectivity index (χ2n) is 7.14. The number of nitrogens with zero attached hydrogens (tertiary/aromatic N) is 2. The number of furan rings is 1. The lowest BCUT2D eigenvalue weighted by Crippen LogP contribution is -2.39. The minimum absolute atomic E-state index is 0.0327. The van der Waals surface area contributed by atoms with Crippen molar-refractivity contribution < 1.29 is 37.0 Å². The average molecular weight is 427 g/mol. The van der Waals surface area contributed by atoms with E-state index < -0.39 is 12.1 Å². The molecule has 0 bridgehead atoms. The van der Waals surface area contributed by atoms with Gasteiger partial charge in [0.05, 0.1) is 25.0 Å². The molecule has 162 valence electrons. The number of aromatic nitrogens is 1. The van der Waals surface area contributed by atoms with E-state index in [1.165, 1.54) is 12.5 Å².